The fourth-order valence-electron chi connectivity index (χ4n) is 0.819. The summed E-state index contributed by atoms with van der Waals surface area (Å²) in [5.41, 5.74) is -1.45. The summed E-state index contributed by atoms with van der Waals surface area (Å²) in [6.07, 6.45) is -1.48. The lowest BCUT2D eigenvalue weighted by Crippen LogP contribution is -2.28. The van der Waals surface area contributed by atoms with E-state index in [4.69, 9.17) is 0 Å². The molecule has 2 radical (unpaired) electrons. The smallest absolute Gasteiger partial charge is 0.267 e. The molecule has 0 atom stereocenters. The minimum atomic E-state index is -4.63. The van der Waals surface area contributed by atoms with E-state index in [0.29, 0.717) is 0 Å². The number of nitrogens with zero attached hydrogens (tertiary/aromatic N) is 1. The van der Waals surface area contributed by atoms with Gasteiger partial charge in [-0.25, -0.2) is 5.32 Å². The first-order valence-electron chi connectivity index (χ1n) is 3.04. The normalized spacial score (nSPS) is 18.2. The Kier molecular flexibility index (Phi) is 1.95. The highest BCUT2D eigenvalue weighted by Gasteiger charge is 2.41. The van der Waals surface area contributed by atoms with Gasteiger partial charge in [-0.3, -0.25) is 4.79 Å². The van der Waals surface area contributed by atoms with E-state index in [-0.39, 0.29) is 5.57 Å². The first kappa shape index (κ1) is 8.83. The van der Waals surface area contributed by atoms with E-state index in [1.807, 2.05) is 0 Å². The molecule has 12 heavy (non-hydrogen) atoms. The average Bonchev–Trinajstić information content (AvgIpc) is 1.82. The third kappa shape index (κ3) is 1.49. The third-order valence-corrected chi connectivity index (χ3v) is 1.34. The Balaban J connectivity index is 3.14. The van der Waals surface area contributed by atoms with Gasteiger partial charge in [-0.05, 0) is 12.5 Å². The number of amides is 1. The van der Waals surface area contributed by atoms with Gasteiger partial charge in [-0.15, -0.1) is 0 Å². The molecule has 1 amide bonds. The molecule has 0 unspecified atom stereocenters. The van der Waals surface area contributed by atoms with Crippen LogP contribution < -0.4 is 5.32 Å². The molecule has 1 rings (SSSR count). The summed E-state index contributed by atoms with van der Waals surface area (Å²) >= 11 is 0. The number of carbonyl (C=O) groups excluding carboxylic acids is 1. The van der Waals surface area contributed by atoms with E-state index in [0.717, 1.165) is 6.20 Å². The van der Waals surface area contributed by atoms with Crippen molar-refractivity contribution < 1.29 is 18.0 Å². The molecule has 64 valence electrons. The topological polar surface area (TPSA) is 31.2 Å². The molecule has 2 nitrogen and oxygen atoms in total. The van der Waals surface area contributed by atoms with Crippen molar-refractivity contribution in [3.63, 3.8) is 0 Å². The van der Waals surface area contributed by atoms with Crippen molar-refractivity contribution in [2.75, 3.05) is 0 Å². The molecule has 0 aromatic carbocycles. The highest BCUT2D eigenvalue weighted by molar-refractivity contribution is 5.97. The van der Waals surface area contributed by atoms with Gasteiger partial charge < -0.3 is 0 Å². The summed E-state index contributed by atoms with van der Waals surface area (Å²) in [4.78, 5) is 10.6. The number of alkyl halides is 3. The highest BCUT2D eigenvalue weighted by Crippen LogP contribution is 2.29. The van der Waals surface area contributed by atoms with Crippen LogP contribution in [0, 0.1) is 6.08 Å². The van der Waals surface area contributed by atoms with Crippen LogP contribution in [0.5, 0.6) is 0 Å². The molecule has 1 aliphatic heterocycles. The largest absolute Gasteiger partial charge is 0.422 e. The van der Waals surface area contributed by atoms with E-state index in [1.165, 1.54) is 6.92 Å². The fraction of sp³-hybridized carbons (Fsp3) is 0.286. The summed E-state index contributed by atoms with van der Waals surface area (Å²) < 4.78 is 36.1. The van der Waals surface area contributed by atoms with Crippen LogP contribution in [0.2, 0.25) is 0 Å². The molecule has 0 saturated carbocycles. The summed E-state index contributed by atoms with van der Waals surface area (Å²) in [5.74, 6) is -1.25. The number of halogens is 3. The van der Waals surface area contributed by atoms with E-state index in [9.17, 15) is 18.0 Å². The molecule has 0 saturated heterocycles. The maximum Gasteiger partial charge on any atom is 0.422 e. The fourth-order valence-corrected chi connectivity index (χ4v) is 0.819. The summed E-state index contributed by atoms with van der Waals surface area (Å²) in [6, 6.07) is 0. The second-order valence-electron chi connectivity index (χ2n) is 2.21. The van der Waals surface area contributed by atoms with E-state index >= 15 is 0 Å². The summed E-state index contributed by atoms with van der Waals surface area (Å²) in [7, 11) is 0. The molecule has 0 fully saturated rings. The molecule has 0 aliphatic carbocycles. The van der Waals surface area contributed by atoms with Crippen molar-refractivity contribution in [2.45, 2.75) is 13.1 Å². The van der Waals surface area contributed by atoms with Crippen LogP contribution in [0.1, 0.15) is 6.92 Å². The van der Waals surface area contributed by atoms with Crippen LogP contribution in [0.25, 0.3) is 0 Å². The Morgan fingerprint density at radius 2 is 2.08 bits per heavy atom. The van der Waals surface area contributed by atoms with Crippen molar-refractivity contribution in [3.8, 4) is 0 Å². The molecule has 0 aromatic rings. The van der Waals surface area contributed by atoms with Gasteiger partial charge in [0.05, 0.1) is 0 Å². The van der Waals surface area contributed by atoms with E-state index in [2.05, 4.69) is 11.4 Å². The van der Waals surface area contributed by atoms with Crippen LogP contribution >= 0.6 is 0 Å². The van der Waals surface area contributed by atoms with Crippen molar-refractivity contribution in [1.29, 1.82) is 0 Å². The molecule has 1 heterocycles. The van der Waals surface area contributed by atoms with Crippen LogP contribution in [-0.2, 0) is 4.79 Å². The molecule has 5 heteroatoms. The Morgan fingerprint density at radius 1 is 1.50 bits per heavy atom. The van der Waals surface area contributed by atoms with Crippen LogP contribution in [0.15, 0.2) is 17.3 Å². The SMILES string of the molecule is CC1=C(C(F)(F)F)C(=O)[N]C=[C]1. The zero-order chi connectivity index (χ0) is 9.35. The van der Waals surface area contributed by atoms with Gasteiger partial charge in [0.25, 0.3) is 5.91 Å². The first-order valence-corrected chi connectivity index (χ1v) is 3.04. The molecule has 0 N–H and O–H groups in total. The Labute approximate surface area is 66.8 Å². The second-order valence-corrected chi connectivity index (χ2v) is 2.21. The highest BCUT2D eigenvalue weighted by atomic mass is 19.4. The molecular weight excluding hydrogens is 171 g/mol. The monoisotopic (exact) mass is 175 g/mol. The van der Waals surface area contributed by atoms with Crippen LogP contribution in [-0.4, -0.2) is 12.1 Å². The van der Waals surface area contributed by atoms with Crippen molar-refractivity contribution in [3.05, 3.63) is 23.4 Å². The predicted octanol–water partition coefficient (Wildman–Crippen LogP) is 1.33. The van der Waals surface area contributed by atoms with Crippen LogP contribution in [0.3, 0.4) is 0 Å². The lowest BCUT2D eigenvalue weighted by Gasteiger charge is -2.13. The first-order chi connectivity index (χ1) is 5.43. The Morgan fingerprint density at radius 3 is 2.42 bits per heavy atom. The van der Waals surface area contributed by atoms with Gasteiger partial charge in [0.1, 0.15) is 5.57 Å². The average molecular weight is 175 g/mol. The van der Waals surface area contributed by atoms with Gasteiger partial charge in [0.2, 0.25) is 0 Å². The standard InChI is InChI=1S/C7H4F3NO/c1-4-2-3-11-6(12)5(4)7(8,9)10/h3H,1H3. The van der Waals surface area contributed by atoms with Gasteiger partial charge in [-0.2, -0.15) is 13.2 Å². The predicted molar refractivity (Wildman–Crippen MR) is 33.7 cm³/mol. The minimum absolute atomic E-state index is 0.220. The van der Waals surface area contributed by atoms with E-state index in [1.54, 1.807) is 0 Å². The van der Waals surface area contributed by atoms with E-state index < -0.39 is 17.7 Å². The molecule has 0 spiro atoms. The van der Waals surface area contributed by atoms with Crippen molar-refractivity contribution in [2.24, 2.45) is 0 Å². The molecule has 0 aromatic heterocycles. The molecule has 0 bridgehead atoms. The van der Waals surface area contributed by atoms with Crippen molar-refractivity contribution >= 4 is 5.91 Å². The number of hydrogen-bond acceptors (Lipinski definition) is 1. The third-order valence-electron chi connectivity index (χ3n) is 1.34. The van der Waals surface area contributed by atoms with Gasteiger partial charge in [-0.1, -0.05) is 0 Å². The van der Waals surface area contributed by atoms with Crippen LogP contribution in [0.4, 0.5) is 13.2 Å². The van der Waals surface area contributed by atoms with Crippen molar-refractivity contribution in [1.82, 2.24) is 5.32 Å². The number of hydrogen-bond donors (Lipinski definition) is 0. The maximum atomic E-state index is 12.0. The summed E-state index contributed by atoms with van der Waals surface area (Å²) in [6.45, 7) is 1.17. The summed E-state index contributed by atoms with van der Waals surface area (Å²) in [5, 5.41) is 2.98. The lowest BCUT2D eigenvalue weighted by molar-refractivity contribution is -0.130. The lowest BCUT2D eigenvalue weighted by atomic mass is 10.1. The Bertz CT molecular complexity index is 275. The second kappa shape index (κ2) is 2.66. The molecular formula is C7H4F3NO. The molecule has 1 aliphatic rings. The zero-order valence-corrected chi connectivity index (χ0v) is 6.07. The Hall–Kier alpha value is -1.26. The quantitative estimate of drug-likeness (QED) is 0.546. The maximum absolute atomic E-state index is 12.0. The minimum Gasteiger partial charge on any atom is -0.267 e. The van der Waals surface area contributed by atoms with Gasteiger partial charge in [0.15, 0.2) is 0 Å². The number of rotatable bonds is 0. The number of allylic oxidation sites excluding steroid dienone is 2. The van der Waals surface area contributed by atoms with Gasteiger partial charge in [0, 0.05) is 12.3 Å². The van der Waals surface area contributed by atoms with Gasteiger partial charge >= 0.3 is 6.18 Å². The zero-order valence-electron chi connectivity index (χ0n) is 6.07. The number of carbonyl (C=O) groups is 1.